The Hall–Kier alpha value is -3.10. The van der Waals surface area contributed by atoms with Crippen molar-refractivity contribution in [2.45, 2.75) is 32.0 Å². The fraction of sp³-hybridized carbons (Fsp3) is 0.409. The Kier molecular flexibility index (Phi) is 4.64. The van der Waals surface area contributed by atoms with E-state index in [0.29, 0.717) is 30.1 Å². The Morgan fingerprint density at radius 1 is 1.13 bits per heavy atom. The number of imidazole rings is 1. The lowest BCUT2D eigenvalue weighted by molar-refractivity contribution is -0.275. The molecule has 3 aromatic rings. The highest BCUT2D eigenvalue weighted by molar-refractivity contribution is 5.93. The molecule has 9 heteroatoms. The summed E-state index contributed by atoms with van der Waals surface area (Å²) in [6.07, 6.45) is 0.102. The molecule has 3 atom stereocenters. The highest BCUT2D eigenvalue weighted by atomic mass is 19.4. The molecule has 31 heavy (non-hydrogen) atoms. The van der Waals surface area contributed by atoms with Gasteiger partial charge in [-0.3, -0.25) is 9.20 Å². The lowest BCUT2D eigenvalue weighted by atomic mass is 9.95. The first-order valence-electron chi connectivity index (χ1n) is 10.2. The van der Waals surface area contributed by atoms with Gasteiger partial charge in [-0.05, 0) is 55.2 Å². The van der Waals surface area contributed by atoms with Gasteiger partial charge in [0.25, 0.3) is 5.91 Å². The minimum atomic E-state index is -4.71. The summed E-state index contributed by atoms with van der Waals surface area (Å²) in [5, 5.41) is 0. The Bertz CT molecular complexity index is 1130. The molecule has 1 unspecified atom stereocenters. The molecule has 2 aliphatic rings. The van der Waals surface area contributed by atoms with Crippen LogP contribution in [0, 0.1) is 18.8 Å². The van der Waals surface area contributed by atoms with Crippen molar-refractivity contribution >= 4 is 11.7 Å². The zero-order valence-corrected chi connectivity index (χ0v) is 16.8. The van der Waals surface area contributed by atoms with Gasteiger partial charge in [-0.2, -0.15) is 0 Å². The first-order chi connectivity index (χ1) is 14.8. The van der Waals surface area contributed by atoms with Crippen molar-refractivity contribution in [3.63, 3.8) is 0 Å². The Morgan fingerprint density at radius 2 is 1.84 bits per heavy atom. The van der Waals surface area contributed by atoms with Gasteiger partial charge in [-0.15, -0.1) is 13.2 Å². The number of benzene rings is 1. The number of aryl methyl sites for hydroxylation is 1. The van der Waals surface area contributed by atoms with Crippen LogP contribution in [0.1, 0.15) is 40.5 Å². The maximum atomic E-state index is 13.1. The number of halogens is 3. The number of alkyl halides is 3. The number of likely N-dealkylation sites (tertiary alicyclic amines) is 1. The summed E-state index contributed by atoms with van der Waals surface area (Å²) in [5.74, 6) is 0.782. The maximum Gasteiger partial charge on any atom is 0.573 e. The zero-order chi connectivity index (χ0) is 21.8. The average Bonchev–Trinajstić information content (AvgIpc) is 3.39. The molecule has 1 aromatic carbocycles. The van der Waals surface area contributed by atoms with Crippen LogP contribution in [-0.4, -0.2) is 44.6 Å². The third-order valence-corrected chi connectivity index (χ3v) is 6.36. The van der Waals surface area contributed by atoms with Gasteiger partial charge in [0.05, 0.1) is 6.20 Å². The molecular weight excluding hydrogens is 409 g/mol. The topological polar surface area (TPSA) is 59.7 Å². The van der Waals surface area contributed by atoms with Gasteiger partial charge in [0.15, 0.2) is 0 Å². The van der Waals surface area contributed by atoms with E-state index in [1.807, 2.05) is 17.9 Å². The number of rotatable bonds is 3. The molecule has 1 saturated carbocycles. The number of hydrogen-bond donors (Lipinski definition) is 0. The van der Waals surface area contributed by atoms with Gasteiger partial charge in [0, 0.05) is 25.0 Å². The van der Waals surface area contributed by atoms with E-state index in [-0.39, 0.29) is 29.4 Å². The van der Waals surface area contributed by atoms with Crippen molar-refractivity contribution < 1.29 is 22.7 Å². The molecule has 162 valence electrons. The quantitative estimate of drug-likeness (QED) is 0.625. The fourth-order valence-corrected chi connectivity index (χ4v) is 5.03. The van der Waals surface area contributed by atoms with Gasteiger partial charge < -0.3 is 9.64 Å². The van der Waals surface area contributed by atoms with E-state index in [1.54, 1.807) is 35.0 Å². The van der Waals surface area contributed by atoms with Crippen molar-refractivity contribution in [3.8, 4) is 5.75 Å². The number of fused-ring (bicyclic) bond motifs is 2. The smallest absolute Gasteiger partial charge is 0.405 e. The number of carbonyl (C=O) groups is 1. The van der Waals surface area contributed by atoms with Crippen molar-refractivity contribution in [1.82, 2.24) is 19.3 Å². The van der Waals surface area contributed by atoms with Gasteiger partial charge in [-0.25, -0.2) is 9.97 Å². The molecule has 0 radical (unpaired) electrons. The lowest BCUT2D eigenvalue weighted by Crippen LogP contribution is -2.30. The fourth-order valence-electron chi connectivity index (χ4n) is 5.03. The Balaban J connectivity index is 1.30. The minimum absolute atomic E-state index is 0.00576. The Labute approximate surface area is 176 Å². The molecule has 6 nitrogen and oxygen atoms in total. The van der Waals surface area contributed by atoms with Crippen LogP contribution in [0.4, 0.5) is 13.2 Å². The average molecular weight is 430 g/mol. The normalized spacial score (nSPS) is 23.4. The number of nitrogens with zero attached hydrogens (tertiary/aromatic N) is 4. The van der Waals surface area contributed by atoms with Crippen LogP contribution < -0.4 is 4.74 Å². The van der Waals surface area contributed by atoms with E-state index in [0.717, 1.165) is 18.5 Å². The summed E-state index contributed by atoms with van der Waals surface area (Å²) in [4.78, 5) is 23.5. The molecule has 1 amide bonds. The van der Waals surface area contributed by atoms with Crippen molar-refractivity contribution in [2.75, 3.05) is 13.1 Å². The summed E-state index contributed by atoms with van der Waals surface area (Å²) in [5.41, 5.74) is 1.90. The van der Waals surface area contributed by atoms with E-state index in [4.69, 9.17) is 0 Å². The van der Waals surface area contributed by atoms with Crippen molar-refractivity contribution in [1.29, 1.82) is 0 Å². The highest BCUT2D eigenvalue weighted by Gasteiger charge is 2.44. The predicted octanol–water partition coefficient (Wildman–Crippen LogP) is 4.20. The molecule has 3 heterocycles. The van der Waals surface area contributed by atoms with Crippen LogP contribution in [0.25, 0.3) is 5.78 Å². The molecule has 1 aliphatic heterocycles. The largest absolute Gasteiger partial charge is 0.573 e. The van der Waals surface area contributed by atoms with Crippen molar-refractivity contribution in [2.24, 2.45) is 11.8 Å². The van der Waals surface area contributed by atoms with Gasteiger partial charge >= 0.3 is 6.36 Å². The minimum Gasteiger partial charge on any atom is -0.405 e. The van der Waals surface area contributed by atoms with Crippen LogP contribution in [-0.2, 0) is 0 Å². The second-order valence-electron chi connectivity index (χ2n) is 8.37. The van der Waals surface area contributed by atoms with Crippen molar-refractivity contribution in [3.05, 3.63) is 59.7 Å². The molecule has 0 bridgehead atoms. The second-order valence-corrected chi connectivity index (χ2v) is 8.37. The van der Waals surface area contributed by atoms with Gasteiger partial charge in [0.1, 0.15) is 11.4 Å². The summed E-state index contributed by atoms with van der Waals surface area (Å²) >= 11 is 0. The number of amides is 1. The van der Waals surface area contributed by atoms with Crippen LogP contribution in [0.3, 0.4) is 0 Å². The SMILES string of the molecule is Cc1ccn2c(C(=O)N3C[C@H]4CC(c5ccccc5OC(F)(F)F)C[C@H]4C3)cnc2n1. The van der Waals surface area contributed by atoms with Crippen LogP contribution in [0.15, 0.2) is 42.7 Å². The zero-order valence-electron chi connectivity index (χ0n) is 16.8. The van der Waals surface area contributed by atoms with Crippen LogP contribution in [0.2, 0.25) is 0 Å². The summed E-state index contributed by atoms with van der Waals surface area (Å²) < 4.78 is 44.2. The van der Waals surface area contributed by atoms with E-state index < -0.39 is 6.36 Å². The summed E-state index contributed by atoms with van der Waals surface area (Å²) in [6, 6.07) is 8.20. The number of hydrogen-bond acceptors (Lipinski definition) is 4. The third-order valence-electron chi connectivity index (χ3n) is 6.36. The number of aromatic nitrogens is 3. The van der Waals surface area contributed by atoms with E-state index >= 15 is 0 Å². The van der Waals surface area contributed by atoms with E-state index in [9.17, 15) is 18.0 Å². The standard InChI is InChI=1S/C22H21F3N4O2/c1-13-6-7-29-18(10-26-21(29)27-13)20(30)28-11-15-8-14(9-16(15)12-28)17-4-2-3-5-19(17)31-22(23,24)25/h2-7,10,14-16H,8-9,11-12H2,1H3/t14?,15-,16+. The Morgan fingerprint density at radius 3 is 2.55 bits per heavy atom. The highest BCUT2D eigenvalue weighted by Crippen LogP contribution is 2.48. The van der Waals surface area contributed by atoms with Gasteiger partial charge in [0.2, 0.25) is 5.78 Å². The van der Waals surface area contributed by atoms with Gasteiger partial charge in [-0.1, -0.05) is 18.2 Å². The molecular formula is C22H21F3N4O2. The predicted molar refractivity (Wildman–Crippen MR) is 106 cm³/mol. The van der Waals surface area contributed by atoms with E-state index in [1.165, 1.54) is 6.07 Å². The molecule has 0 spiro atoms. The first kappa shape index (κ1) is 19.8. The molecule has 2 fully saturated rings. The van der Waals surface area contributed by atoms with Crippen LogP contribution in [0.5, 0.6) is 5.75 Å². The molecule has 5 rings (SSSR count). The number of ether oxygens (including phenoxy) is 1. The third kappa shape index (κ3) is 3.73. The number of para-hydroxylation sites is 1. The van der Waals surface area contributed by atoms with Crippen LogP contribution >= 0.6 is 0 Å². The molecule has 2 aromatic heterocycles. The first-order valence-corrected chi connectivity index (χ1v) is 10.2. The van der Waals surface area contributed by atoms with E-state index in [2.05, 4.69) is 14.7 Å². The summed E-state index contributed by atoms with van der Waals surface area (Å²) in [6.45, 7) is 3.05. The number of carbonyl (C=O) groups excluding carboxylic acids is 1. The maximum absolute atomic E-state index is 13.1. The second kappa shape index (κ2) is 7.25. The summed E-state index contributed by atoms with van der Waals surface area (Å²) in [7, 11) is 0. The monoisotopic (exact) mass is 430 g/mol. The molecule has 0 N–H and O–H groups in total. The lowest BCUT2D eigenvalue weighted by Gasteiger charge is -2.21. The molecule has 1 aliphatic carbocycles. The molecule has 1 saturated heterocycles.